The molecule has 0 radical (unpaired) electrons. The van der Waals surface area contributed by atoms with Gasteiger partial charge in [0.1, 0.15) is 11.5 Å². The molecule has 0 atom stereocenters. The quantitative estimate of drug-likeness (QED) is 0.356. The van der Waals surface area contributed by atoms with Crippen LogP contribution in [0.15, 0.2) is 70.5 Å². The van der Waals surface area contributed by atoms with E-state index in [0.29, 0.717) is 6.61 Å². The Morgan fingerprint density at radius 2 is 1.52 bits per heavy atom. The maximum Gasteiger partial charge on any atom is 0.573 e. The van der Waals surface area contributed by atoms with E-state index in [9.17, 15) is 13.2 Å². The Kier molecular flexibility index (Phi) is 7.89. The number of ether oxygens (including phenoxy) is 2. The Hall–Kier alpha value is -2.12. The average Bonchev–Trinajstić information content (AvgIpc) is 2.70. The van der Waals surface area contributed by atoms with Crippen molar-refractivity contribution in [2.24, 2.45) is 0 Å². The number of nitrogens with zero attached hydrogens (tertiary/aromatic N) is 1. The fourth-order valence-electron chi connectivity index (χ4n) is 2.97. The molecule has 3 nitrogen and oxygen atoms in total. The fourth-order valence-corrected chi connectivity index (χ4v) is 3.79. The maximum atomic E-state index is 12.2. The molecule has 0 amide bonds. The van der Waals surface area contributed by atoms with Crippen LogP contribution in [0, 0.1) is 0 Å². The second-order valence-corrected chi connectivity index (χ2v) is 7.86. The first-order valence-electron chi connectivity index (χ1n) is 9.62. The molecule has 2 aromatic carbocycles. The van der Waals surface area contributed by atoms with E-state index in [4.69, 9.17) is 4.74 Å². The van der Waals surface area contributed by atoms with Gasteiger partial charge in [-0.1, -0.05) is 23.9 Å². The van der Waals surface area contributed by atoms with Crippen LogP contribution in [-0.4, -0.2) is 37.5 Å². The smallest absolute Gasteiger partial charge is 0.494 e. The SMILES string of the molecule is FC(F)(F)Oc1ccc(Sc2ccc(OCCCCN3CC=CCC3)cc2)cc1. The lowest BCUT2D eigenvalue weighted by Gasteiger charge is -2.22. The minimum atomic E-state index is -4.67. The topological polar surface area (TPSA) is 21.7 Å². The van der Waals surface area contributed by atoms with E-state index in [0.717, 1.165) is 54.4 Å². The number of unbranched alkanes of at least 4 members (excludes halogenated alkanes) is 1. The van der Waals surface area contributed by atoms with Crippen LogP contribution in [0.25, 0.3) is 0 Å². The van der Waals surface area contributed by atoms with Crippen molar-refractivity contribution in [3.63, 3.8) is 0 Å². The van der Waals surface area contributed by atoms with Gasteiger partial charge in [0, 0.05) is 22.9 Å². The molecule has 156 valence electrons. The Morgan fingerprint density at radius 3 is 2.10 bits per heavy atom. The summed E-state index contributed by atoms with van der Waals surface area (Å²) in [5.41, 5.74) is 0. The van der Waals surface area contributed by atoms with Crippen molar-refractivity contribution in [3.05, 3.63) is 60.7 Å². The normalized spacial score (nSPS) is 14.7. The Balaban J connectivity index is 1.37. The Labute approximate surface area is 173 Å². The standard InChI is InChI=1S/C22H24F3NO2S/c23-22(24,25)28-19-8-12-21(13-9-19)29-20-10-6-18(7-11-20)27-17-5-4-16-26-14-2-1-3-15-26/h1-2,6-13H,3-5,14-17H2. The summed E-state index contributed by atoms with van der Waals surface area (Å²) in [5.74, 6) is 0.603. The molecule has 1 aliphatic rings. The van der Waals surface area contributed by atoms with Crippen LogP contribution in [0.1, 0.15) is 19.3 Å². The molecule has 0 saturated carbocycles. The summed E-state index contributed by atoms with van der Waals surface area (Å²) in [4.78, 5) is 4.27. The van der Waals surface area contributed by atoms with Crippen LogP contribution in [0.4, 0.5) is 13.2 Å². The molecule has 0 bridgehead atoms. The van der Waals surface area contributed by atoms with Crippen molar-refractivity contribution in [1.29, 1.82) is 0 Å². The zero-order valence-electron chi connectivity index (χ0n) is 16.0. The van der Waals surface area contributed by atoms with Crippen LogP contribution in [0.2, 0.25) is 0 Å². The molecule has 0 fully saturated rings. The van der Waals surface area contributed by atoms with Gasteiger partial charge in [0.05, 0.1) is 6.61 Å². The first kappa shape index (κ1) is 21.6. The summed E-state index contributed by atoms with van der Waals surface area (Å²) in [6, 6.07) is 13.6. The zero-order chi connectivity index (χ0) is 20.5. The van der Waals surface area contributed by atoms with Crippen molar-refractivity contribution in [1.82, 2.24) is 4.90 Å². The van der Waals surface area contributed by atoms with E-state index in [1.165, 1.54) is 23.9 Å². The summed E-state index contributed by atoms with van der Waals surface area (Å²) in [7, 11) is 0. The third-order valence-corrected chi connectivity index (χ3v) is 5.41. The molecule has 7 heteroatoms. The molecule has 1 heterocycles. The van der Waals surface area contributed by atoms with Crippen LogP contribution < -0.4 is 9.47 Å². The third kappa shape index (κ3) is 8.03. The maximum absolute atomic E-state index is 12.2. The minimum Gasteiger partial charge on any atom is -0.494 e. The summed E-state index contributed by atoms with van der Waals surface area (Å²) in [6.07, 6.45) is 3.07. The monoisotopic (exact) mass is 423 g/mol. The van der Waals surface area contributed by atoms with E-state index in [-0.39, 0.29) is 5.75 Å². The van der Waals surface area contributed by atoms with Gasteiger partial charge in [0.2, 0.25) is 0 Å². The second kappa shape index (κ2) is 10.6. The lowest BCUT2D eigenvalue weighted by molar-refractivity contribution is -0.274. The number of rotatable bonds is 9. The van der Waals surface area contributed by atoms with Gasteiger partial charge in [-0.05, 0) is 74.3 Å². The van der Waals surface area contributed by atoms with Crippen molar-refractivity contribution in [3.8, 4) is 11.5 Å². The van der Waals surface area contributed by atoms with Crippen molar-refractivity contribution in [2.45, 2.75) is 35.4 Å². The Bertz CT molecular complexity index is 776. The van der Waals surface area contributed by atoms with E-state index in [2.05, 4.69) is 21.8 Å². The molecule has 29 heavy (non-hydrogen) atoms. The van der Waals surface area contributed by atoms with Crippen LogP contribution >= 0.6 is 11.8 Å². The summed E-state index contributed by atoms with van der Waals surface area (Å²) >= 11 is 1.47. The van der Waals surface area contributed by atoms with Crippen molar-refractivity contribution < 1.29 is 22.6 Å². The highest BCUT2D eigenvalue weighted by Crippen LogP contribution is 2.31. The molecule has 0 unspecified atom stereocenters. The second-order valence-electron chi connectivity index (χ2n) is 6.71. The highest BCUT2D eigenvalue weighted by Gasteiger charge is 2.30. The minimum absolute atomic E-state index is 0.220. The molecule has 2 aromatic rings. The molecule has 3 rings (SSSR count). The van der Waals surface area contributed by atoms with Crippen LogP contribution in [0.3, 0.4) is 0 Å². The van der Waals surface area contributed by atoms with E-state index >= 15 is 0 Å². The van der Waals surface area contributed by atoms with Gasteiger partial charge >= 0.3 is 6.36 Å². The van der Waals surface area contributed by atoms with Crippen LogP contribution in [-0.2, 0) is 0 Å². The largest absolute Gasteiger partial charge is 0.573 e. The predicted molar refractivity (Wildman–Crippen MR) is 109 cm³/mol. The number of halogens is 3. The van der Waals surface area contributed by atoms with Gasteiger partial charge in [-0.3, -0.25) is 4.90 Å². The van der Waals surface area contributed by atoms with Gasteiger partial charge in [0.15, 0.2) is 0 Å². The molecule has 1 aliphatic heterocycles. The molecule has 0 aliphatic carbocycles. The highest BCUT2D eigenvalue weighted by molar-refractivity contribution is 7.99. The first-order valence-corrected chi connectivity index (χ1v) is 10.4. The fraction of sp³-hybridized carbons (Fsp3) is 0.364. The van der Waals surface area contributed by atoms with E-state index < -0.39 is 6.36 Å². The molecular weight excluding hydrogens is 399 g/mol. The van der Waals surface area contributed by atoms with Gasteiger partial charge in [-0.2, -0.15) is 0 Å². The van der Waals surface area contributed by atoms with Gasteiger partial charge in [-0.15, -0.1) is 13.2 Å². The Morgan fingerprint density at radius 1 is 0.862 bits per heavy atom. The lowest BCUT2D eigenvalue weighted by Crippen LogP contribution is -2.28. The predicted octanol–water partition coefficient (Wildman–Crippen LogP) is 6.16. The number of hydrogen-bond acceptors (Lipinski definition) is 4. The zero-order valence-corrected chi connectivity index (χ0v) is 16.8. The van der Waals surface area contributed by atoms with Crippen molar-refractivity contribution >= 4 is 11.8 Å². The first-order chi connectivity index (χ1) is 14.0. The molecule has 0 spiro atoms. The molecular formula is C22H24F3NO2S. The molecule has 0 aromatic heterocycles. The third-order valence-electron chi connectivity index (χ3n) is 4.40. The highest BCUT2D eigenvalue weighted by atomic mass is 32.2. The van der Waals surface area contributed by atoms with Gasteiger partial charge in [0.25, 0.3) is 0 Å². The molecule has 0 N–H and O–H groups in total. The van der Waals surface area contributed by atoms with Gasteiger partial charge in [-0.25, -0.2) is 0 Å². The van der Waals surface area contributed by atoms with Crippen LogP contribution in [0.5, 0.6) is 11.5 Å². The lowest BCUT2D eigenvalue weighted by atomic mass is 10.2. The number of benzene rings is 2. The summed E-state index contributed by atoms with van der Waals surface area (Å²) in [5, 5.41) is 0. The average molecular weight is 424 g/mol. The van der Waals surface area contributed by atoms with Crippen molar-refractivity contribution in [2.75, 3.05) is 26.2 Å². The summed E-state index contributed by atoms with van der Waals surface area (Å²) in [6.45, 7) is 4.00. The number of alkyl halides is 3. The number of hydrogen-bond donors (Lipinski definition) is 0. The van der Waals surface area contributed by atoms with E-state index in [1.807, 2.05) is 24.3 Å². The molecule has 0 saturated heterocycles. The van der Waals surface area contributed by atoms with Gasteiger partial charge < -0.3 is 9.47 Å². The summed E-state index contributed by atoms with van der Waals surface area (Å²) < 4.78 is 46.3. The van der Waals surface area contributed by atoms with E-state index in [1.54, 1.807) is 12.1 Å².